The molecular formula is C24H26N2O3. The second-order valence-corrected chi connectivity index (χ2v) is 7.74. The minimum atomic E-state index is -0.204. The maximum absolute atomic E-state index is 12.2. The number of ether oxygens (including phenoxy) is 1. The molecule has 29 heavy (non-hydrogen) atoms. The zero-order valence-electron chi connectivity index (χ0n) is 16.4. The first-order valence-electron chi connectivity index (χ1n) is 10.3. The lowest BCUT2D eigenvalue weighted by Crippen LogP contribution is -2.25. The van der Waals surface area contributed by atoms with Crippen molar-refractivity contribution < 1.29 is 14.3 Å². The lowest BCUT2D eigenvalue weighted by molar-refractivity contribution is -0.111. The number of nitrogens with one attached hydrogen (secondary N) is 2. The number of hydrogen-bond donors (Lipinski definition) is 2. The molecule has 0 aromatic heterocycles. The Morgan fingerprint density at radius 3 is 2.24 bits per heavy atom. The maximum Gasteiger partial charge on any atom is 0.251 e. The van der Waals surface area contributed by atoms with Crippen LogP contribution in [0.4, 0.5) is 5.69 Å². The van der Waals surface area contributed by atoms with Crippen LogP contribution in [0.2, 0.25) is 0 Å². The van der Waals surface area contributed by atoms with Gasteiger partial charge in [-0.1, -0.05) is 12.1 Å². The summed E-state index contributed by atoms with van der Waals surface area (Å²) in [7, 11) is 0. The molecule has 0 unspecified atom stereocenters. The largest absolute Gasteiger partial charge is 0.490 e. The summed E-state index contributed by atoms with van der Waals surface area (Å²) in [5.74, 6) is 0.599. The van der Waals surface area contributed by atoms with Gasteiger partial charge in [-0.25, -0.2) is 0 Å². The van der Waals surface area contributed by atoms with E-state index in [1.54, 1.807) is 18.2 Å². The Bertz CT molecular complexity index is 877. The molecule has 0 bridgehead atoms. The molecule has 5 heteroatoms. The predicted molar refractivity (Wildman–Crippen MR) is 114 cm³/mol. The van der Waals surface area contributed by atoms with Crippen molar-refractivity contribution in [2.75, 3.05) is 5.32 Å². The van der Waals surface area contributed by atoms with Gasteiger partial charge in [-0.3, -0.25) is 9.59 Å². The number of benzene rings is 2. The Morgan fingerprint density at radius 2 is 1.59 bits per heavy atom. The smallest absolute Gasteiger partial charge is 0.251 e. The van der Waals surface area contributed by atoms with Crippen LogP contribution in [0.15, 0.2) is 54.6 Å². The number of rotatable bonds is 7. The quantitative estimate of drug-likeness (QED) is 0.682. The van der Waals surface area contributed by atoms with Crippen molar-refractivity contribution >= 4 is 23.6 Å². The number of anilines is 1. The normalized spacial score (nSPS) is 16.7. The van der Waals surface area contributed by atoms with Crippen molar-refractivity contribution in [1.29, 1.82) is 0 Å². The van der Waals surface area contributed by atoms with Crippen molar-refractivity contribution in [3.63, 3.8) is 0 Å². The second-order valence-electron chi connectivity index (χ2n) is 7.74. The highest BCUT2D eigenvalue weighted by Gasteiger charge is 2.23. The maximum atomic E-state index is 12.2. The lowest BCUT2D eigenvalue weighted by atomic mass is 10.1. The molecule has 0 aliphatic heterocycles. The van der Waals surface area contributed by atoms with E-state index >= 15 is 0 Å². The molecule has 2 aromatic rings. The van der Waals surface area contributed by atoms with Gasteiger partial charge in [0.15, 0.2) is 0 Å². The first-order chi connectivity index (χ1) is 14.2. The van der Waals surface area contributed by atoms with E-state index in [1.165, 1.54) is 18.9 Å². The molecule has 2 aliphatic carbocycles. The molecule has 0 spiro atoms. The fourth-order valence-electron chi connectivity index (χ4n) is 3.41. The third-order valence-electron chi connectivity index (χ3n) is 5.24. The molecule has 0 radical (unpaired) electrons. The van der Waals surface area contributed by atoms with Gasteiger partial charge in [-0.05, 0) is 86.6 Å². The van der Waals surface area contributed by atoms with E-state index in [4.69, 9.17) is 4.74 Å². The first kappa shape index (κ1) is 19.2. The van der Waals surface area contributed by atoms with E-state index in [1.807, 2.05) is 36.4 Å². The molecule has 2 aliphatic rings. The topological polar surface area (TPSA) is 67.4 Å². The molecule has 2 saturated carbocycles. The molecule has 5 nitrogen and oxygen atoms in total. The van der Waals surface area contributed by atoms with Crippen molar-refractivity contribution in [1.82, 2.24) is 5.32 Å². The molecule has 0 atom stereocenters. The van der Waals surface area contributed by atoms with E-state index < -0.39 is 0 Å². The summed E-state index contributed by atoms with van der Waals surface area (Å²) in [6, 6.07) is 15.0. The lowest BCUT2D eigenvalue weighted by Gasteiger charge is -2.13. The standard InChI is InChI=1S/C24H26N2O3/c27-23(25-19-12-14-22(15-13-19)29-21-3-1-2-4-21)16-7-17-5-8-18(9-6-17)24(28)26-20-10-11-20/h5-9,12-16,20-21H,1-4,10-11H2,(H,25,27)(H,26,28)/b16-7+. The highest BCUT2D eigenvalue weighted by atomic mass is 16.5. The Balaban J connectivity index is 1.27. The zero-order valence-corrected chi connectivity index (χ0v) is 16.4. The van der Waals surface area contributed by atoms with Crippen molar-refractivity contribution in [3.05, 3.63) is 65.7 Å². The predicted octanol–water partition coefficient (Wildman–Crippen LogP) is 4.55. The van der Waals surface area contributed by atoms with Gasteiger partial charge in [0.25, 0.3) is 5.91 Å². The van der Waals surface area contributed by atoms with Crippen LogP contribution in [0.25, 0.3) is 6.08 Å². The minimum Gasteiger partial charge on any atom is -0.490 e. The van der Waals surface area contributed by atoms with Gasteiger partial charge in [0.1, 0.15) is 5.75 Å². The van der Waals surface area contributed by atoms with E-state index in [9.17, 15) is 9.59 Å². The molecule has 2 aromatic carbocycles. The van der Waals surface area contributed by atoms with Crippen LogP contribution in [0, 0.1) is 0 Å². The van der Waals surface area contributed by atoms with Crippen LogP contribution in [0.1, 0.15) is 54.4 Å². The Labute approximate surface area is 171 Å². The first-order valence-corrected chi connectivity index (χ1v) is 10.3. The van der Waals surface area contributed by atoms with Gasteiger partial charge in [0, 0.05) is 23.4 Å². The molecule has 150 valence electrons. The van der Waals surface area contributed by atoms with Crippen LogP contribution in [0.3, 0.4) is 0 Å². The minimum absolute atomic E-state index is 0.0406. The van der Waals surface area contributed by atoms with Gasteiger partial charge in [-0.2, -0.15) is 0 Å². The summed E-state index contributed by atoms with van der Waals surface area (Å²) in [6.45, 7) is 0. The molecule has 0 saturated heterocycles. The zero-order chi connectivity index (χ0) is 20.1. The van der Waals surface area contributed by atoms with Gasteiger partial charge in [0.2, 0.25) is 5.91 Å². The van der Waals surface area contributed by atoms with Crippen molar-refractivity contribution in [3.8, 4) is 5.75 Å². The fourth-order valence-corrected chi connectivity index (χ4v) is 3.41. The van der Waals surface area contributed by atoms with Crippen molar-refractivity contribution in [2.24, 2.45) is 0 Å². The Kier molecular flexibility index (Phi) is 5.94. The highest BCUT2D eigenvalue weighted by molar-refractivity contribution is 6.02. The summed E-state index contributed by atoms with van der Waals surface area (Å²) in [5.41, 5.74) is 2.23. The van der Waals surface area contributed by atoms with E-state index in [2.05, 4.69) is 10.6 Å². The van der Waals surface area contributed by atoms with Gasteiger partial charge < -0.3 is 15.4 Å². The van der Waals surface area contributed by atoms with Gasteiger partial charge in [0.05, 0.1) is 6.10 Å². The Morgan fingerprint density at radius 1 is 0.897 bits per heavy atom. The van der Waals surface area contributed by atoms with E-state index in [0.29, 0.717) is 17.7 Å². The number of carbonyl (C=O) groups excluding carboxylic acids is 2. The molecule has 2 amide bonds. The van der Waals surface area contributed by atoms with Crippen molar-refractivity contribution in [2.45, 2.75) is 50.7 Å². The van der Waals surface area contributed by atoms with Crippen LogP contribution >= 0.6 is 0 Å². The summed E-state index contributed by atoms with van der Waals surface area (Å²) in [6.07, 6.45) is 10.4. The average molecular weight is 390 g/mol. The molecule has 0 heterocycles. The molecule has 2 fully saturated rings. The summed E-state index contributed by atoms with van der Waals surface area (Å²) < 4.78 is 5.94. The molecular weight excluding hydrogens is 364 g/mol. The summed E-state index contributed by atoms with van der Waals surface area (Å²) in [5, 5.41) is 5.81. The monoisotopic (exact) mass is 390 g/mol. The molecule has 2 N–H and O–H groups in total. The second kappa shape index (κ2) is 8.95. The van der Waals surface area contributed by atoms with Crippen LogP contribution in [0.5, 0.6) is 5.75 Å². The van der Waals surface area contributed by atoms with E-state index in [0.717, 1.165) is 42.7 Å². The number of carbonyl (C=O) groups is 2. The average Bonchev–Trinajstić information content (AvgIpc) is 3.40. The number of amides is 2. The summed E-state index contributed by atoms with van der Waals surface area (Å²) >= 11 is 0. The SMILES string of the molecule is O=C(/C=C/c1ccc(C(=O)NC2CC2)cc1)Nc1ccc(OC2CCCC2)cc1. The highest BCUT2D eigenvalue weighted by Crippen LogP contribution is 2.25. The van der Waals surface area contributed by atoms with Crippen LogP contribution < -0.4 is 15.4 Å². The van der Waals surface area contributed by atoms with Gasteiger partial charge in [-0.15, -0.1) is 0 Å². The third-order valence-corrected chi connectivity index (χ3v) is 5.24. The van der Waals surface area contributed by atoms with Crippen LogP contribution in [-0.4, -0.2) is 24.0 Å². The summed E-state index contributed by atoms with van der Waals surface area (Å²) in [4.78, 5) is 24.2. The third kappa shape index (κ3) is 5.70. The fraction of sp³-hybridized carbons (Fsp3) is 0.333. The Hall–Kier alpha value is -3.08. The molecule has 4 rings (SSSR count). The van der Waals surface area contributed by atoms with Crippen LogP contribution in [-0.2, 0) is 4.79 Å². The number of hydrogen-bond acceptors (Lipinski definition) is 3. The van der Waals surface area contributed by atoms with E-state index in [-0.39, 0.29) is 11.8 Å². The van der Waals surface area contributed by atoms with Gasteiger partial charge >= 0.3 is 0 Å².